The van der Waals surface area contributed by atoms with Gasteiger partial charge >= 0.3 is 0 Å². The molecule has 0 nitrogen and oxygen atoms in total. The first-order chi connectivity index (χ1) is 15.4. The van der Waals surface area contributed by atoms with Gasteiger partial charge in [0.05, 0.1) is 0 Å². The van der Waals surface area contributed by atoms with Crippen LogP contribution in [0.3, 0.4) is 0 Å². The number of rotatable bonds is 14. The van der Waals surface area contributed by atoms with Gasteiger partial charge in [-0.3, -0.25) is 0 Å². The van der Waals surface area contributed by atoms with Gasteiger partial charge in [0.25, 0.3) is 0 Å². The van der Waals surface area contributed by atoms with E-state index >= 15 is 0 Å². The zero-order valence-electron chi connectivity index (χ0n) is 21.5. The molecule has 1 aliphatic rings. The summed E-state index contributed by atoms with van der Waals surface area (Å²) in [5.74, 6) is 0. The Labute approximate surface area is 198 Å². The van der Waals surface area contributed by atoms with Crippen molar-refractivity contribution in [1.29, 1.82) is 0 Å². The zero-order valence-corrected chi connectivity index (χ0v) is 21.5. The molecule has 0 radical (unpaired) electrons. The monoisotopic (exact) mass is 430 g/mol. The summed E-state index contributed by atoms with van der Waals surface area (Å²) in [5, 5.41) is 0. The van der Waals surface area contributed by atoms with Gasteiger partial charge in [0.2, 0.25) is 0 Å². The van der Waals surface area contributed by atoms with E-state index in [1.165, 1.54) is 96.8 Å². The SMILES string of the molecule is C=C/C=C(/CCCCCC)C(C)(C)C1=C(c2ccc(CCCCCC)cc2)C=C(C)C1=C. The van der Waals surface area contributed by atoms with Crippen LogP contribution in [0.1, 0.15) is 104 Å². The topological polar surface area (TPSA) is 0 Å². The predicted octanol–water partition coefficient (Wildman–Crippen LogP) is 10.2. The normalized spacial score (nSPS) is 14.8. The lowest BCUT2D eigenvalue weighted by atomic mass is 9.71. The minimum absolute atomic E-state index is 0.0695. The minimum Gasteiger partial charge on any atom is -0.0991 e. The second-order valence-electron chi connectivity index (χ2n) is 9.97. The molecule has 0 heterocycles. The van der Waals surface area contributed by atoms with E-state index in [-0.39, 0.29) is 5.41 Å². The first-order valence-electron chi connectivity index (χ1n) is 12.9. The molecule has 1 aromatic rings. The average Bonchev–Trinajstić information content (AvgIpc) is 3.09. The van der Waals surface area contributed by atoms with E-state index in [4.69, 9.17) is 0 Å². The molecule has 32 heavy (non-hydrogen) atoms. The van der Waals surface area contributed by atoms with Crippen LogP contribution in [0.2, 0.25) is 0 Å². The fraction of sp³-hybridized carbons (Fsp3) is 0.500. The van der Waals surface area contributed by atoms with Gasteiger partial charge in [-0.05, 0) is 66.0 Å². The molecule has 1 aliphatic carbocycles. The van der Waals surface area contributed by atoms with E-state index < -0.39 is 0 Å². The Morgan fingerprint density at radius 2 is 1.53 bits per heavy atom. The molecule has 0 fully saturated rings. The smallest absolute Gasteiger partial charge is 0.0120 e. The van der Waals surface area contributed by atoms with Crippen LogP contribution < -0.4 is 0 Å². The van der Waals surface area contributed by atoms with E-state index in [2.05, 4.69) is 84.2 Å². The highest BCUT2D eigenvalue weighted by molar-refractivity contribution is 5.88. The molecule has 0 amide bonds. The average molecular weight is 431 g/mol. The van der Waals surface area contributed by atoms with Gasteiger partial charge in [0.15, 0.2) is 0 Å². The third kappa shape index (κ3) is 6.71. The Morgan fingerprint density at radius 3 is 2.12 bits per heavy atom. The van der Waals surface area contributed by atoms with Crippen molar-refractivity contribution < 1.29 is 0 Å². The summed E-state index contributed by atoms with van der Waals surface area (Å²) in [6, 6.07) is 9.30. The molecule has 0 atom stereocenters. The molecular weight excluding hydrogens is 384 g/mol. The number of hydrogen-bond donors (Lipinski definition) is 0. The van der Waals surface area contributed by atoms with Crippen molar-refractivity contribution in [2.45, 2.75) is 98.8 Å². The van der Waals surface area contributed by atoms with E-state index in [9.17, 15) is 0 Å². The first-order valence-corrected chi connectivity index (χ1v) is 12.9. The van der Waals surface area contributed by atoms with Crippen LogP contribution in [-0.2, 0) is 6.42 Å². The second-order valence-corrected chi connectivity index (χ2v) is 9.97. The quantitative estimate of drug-likeness (QED) is 0.203. The standard InChI is InChI=1S/C32H46/c1-8-11-13-15-18-27-20-22-28(23-21-27)30-24-25(4)26(5)31(30)32(6,7)29(17-10-3)19-16-14-12-9-2/h10,17,20-24H,3,5,8-9,11-16,18-19H2,1-2,4,6-7H3/b29-17-. The summed E-state index contributed by atoms with van der Waals surface area (Å²) < 4.78 is 0. The Morgan fingerprint density at radius 1 is 0.906 bits per heavy atom. The van der Waals surface area contributed by atoms with Crippen LogP contribution in [0.15, 0.2) is 77.9 Å². The summed E-state index contributed by atoms with van der Waals surface area (Å²) in [7, 11) is 0. The van der Waals surface area contributed by atoms with E-state index in [1.54, 1.807) is 0 Å². The lowest BCUT2D eigenvalue weighted by Gasteiger charge is -2.33. The van der Waals surface area contributed by atoms with E-state index in [0.717, 1.165) is 6.42 Å². The van der Waals surface area contributed by atoms with Crippen molar-refractivity contribution in [3.05, 3.63) is 89.1 Å². The number of allylic oxidation sites excluding steroid dienone is 8. The Kier molecular flexibility index (Phi) is 10.5. The summed E-state index contributed by atoms with van der Waals surface area (Å²) in [6.07, 6.45) is 19.2. The first kappa shape index (κ1) is 26.2. The molecule has 1 aromatic carbocycles. The van der Waals surface area contributed by atoms with Crippen molar-refractivity contribution in [2.75, 3.05) is 0 Å². The van der Waals surface area contributed by atoms with E-state index in [1.807, 2.05) is 6.08 Å². The largest absolute Gasteiger partial charge is 0.0991 e. The summed E-state index contributed by atoms with van der Waals surface area (Å²) in [6.45, 7) is 20.0. The fourth-order valence-corrected chi connectivity index (χ4v) is 4.93. The molecule has 0 spiro atoms. The van der Waals surface area contributed by atoms with Crippen molar-refractivity contribution in [1.82, 2.24) is 0 Å². The molecule has 0 unspecified atom stereocenters. The molecule has 174 valence electrons. The van der Waals surface area contributed by atoms with Crippen LogP contribution in [0.5, 0.6) is 0 Å². The minimum atomic E-state index is -0.0695. The molecular formula is C32H46. The highest BCUT2D eigenvalue weighted by Crippen LogP contribution is 2.49. The number of hydrogen-bond acceptors (Lipinski definition) is 0. The van der Waals surface area contributed by atoms with Gasteiger partial charge in [0.1, 0.15) is 0 Å². The highest BCUT2D eigenvalue weighted by Gasteiger charge is 2.34. The number of unbranched alkanes of at least 4 members (excludes halogenated alkanes) is 6. The zero-order chi connectivity index (χ0) is 23.6. The molecule has 0 bridgehead atoms. The molecule has 0 N–H and O–H groups in total. The molecule has 0 heteroatoms. The van der Waals surface area contributed by atoms with Crippen LogP contribution in [-0.4, -0.2) is 0 Å². The van der Waals surface area contributed by atoms with Gasteiger partial charge in [-0.2, -0.15) is 0 Å². The van der Waals surface area contributed by atoms with Gasteiger partial charge in [0, 0.05) is 5.41 Å². The lowest BCUT2D eigenvalue weighted by Crippen LogP contribution is -2.20. The van der Waals surface area contributed by atoms with Crippen LogP contribution >= 0.6 is 0 Å². The van der Waals surface area contributed by atoms with E-state index in [0.29, 0.717) is 0 Å². The van der Waals surface area contributed by atoms with Gasteiger partial charge in [-0.15, -0.1) is 0 Å². The van der Waals surface area contributed by atoms with Crippen LogP contribution in [0.25, 0.3) is 5.57 Å². The van der Waals surface area contributed by atoms with Crippen molar-refractivity contribution in [2.24, 2.45) is 5.41 Å². The molecule has 2 rings (SSSR count). The number of aryl methyl sites for hydroxylation is 1. The third-order valence-corrected chi connectivity index (χ3v) is 7.04. The maximum absolute atomic E-state index is 4.51. The summed E-state index contributed by atoms with van der Waals surface area (Å²) in [4.78, 5) is 0. The fourth-order valence-electron chi connectivity index (χ4n) is 4.93. The molecule has 0 saturated heterocycles. The Hall–Kier alpha value is -2.08. The van der Waals surface area contributed by atoms with Gasteiger partial charge in [-0.25, -0.2) is 0 Å². The van der Waals surface area contributed by atoms with Gasteiger partial charge in [-0.1, -0.05) is 127 Å². The summed E-state index contributed by atoms with van der Waals surface area (Å²) in [5.41, 5.74) is 9.37. The summed E-state index contributed by atoms with van der Waals surface area (Å²) >= 11 is 0. The highest BCUT2D eigenvalue weighted by atomic mass is 14.4. The maximum Gasteiger partial charge on any atom is 0.0120 e. The van der Waals surface area contributed by atoms with Crippen molar-refractivity contribution in [3.8, 4) is 0 Å². The number of benzene rings is 1. The van der Waals surface area contributed by atoms with Crippen molar-refractivity contribution in [3.63, 3.8) is 0 Å². The predicted molar refractivity (Wildman–Crippen MR) is 145 cm³/mol. The molecule has 0 saturated carbocycles. The van der Waals surface area contributed by atoms with Crippen LogP contribution in [0.4, 0.5) is 0 Å². The van der Waals surface area contributed by atoms with Gasteiger partial charge < -0.3 is 0 Å². The third-order valence-electron chi connectivity index (χ3n) is 7.04. The Bertz CT molecular complexity index is 852. The Balaban J connectivity index is 2.32. The molecule has 0 aliphatic heterocycles. The van der Waals surface area contributed by atoms with Crippen LogP contribution in [0, 0.1) is 5.41 Å². The second kappa shape index (κ2) is 12.8. The lowest BCUT2D eigenvalue weighted by molar-refractivity contribution is 0.509. The maximum atomic E-state index is 4.51. The molecule has 0 aromatic heterocycles. The van der Waals surface area contributed by atoms with Crippen molar-refractivity contribution >= 4 is 5.57 Å².